The number of nitrogens with one attached hydrogen (secondary N) is 1. The van der Waals surface area contributed by atoms with Crippen LogP contribution in [0.4, 0.5) is 0 Å². The molecule has 9 rings (SSSR count). The molecule has 2 aromatic heterocycles. The summed E-state index contributed by atoms with van der Waals surface area (Å²) in [5, 5.41) is 8.14. The van der Waals surface area contributed by atoms with E-state index in [-0.39, 0.29) is 5.41 Å². The van der Waals surface area contributed by atoms with Gasteiger partial charge in [0.2, 0.25) is 0 Å². The quantitative estimate of drug-likeness (QED) is 0.0872. The van der Waals surface area contributed by atoms with Crippen molar-refractivity contribution in [3.63, 3.8) is 0 Å². The van der Waals surface area contributed by atoms with Crippen LogP contribution in [0.1, 0.15) is 50.1 Å². The standard InChI is InChI=1S/C63H53N5/c1-4-56-47(29-19-20-45-30-32-50(33-31-45)59-43-57(48-21-13-8-14-22-48)65-61(67-59)52-25-11-6-7-12-26-52)38-39-55(63(56,3)5-2)42-54(40-41-64)46-34-36-51(37-35-46)60-44-58(49-23-15-9-16-24-49)66-62(68-60)53-27-17-10-18-28-53/h4,6-11,13-19,21-37,40-44,64H,1,5,20,38-39H2,2-3H3/b29-19-,54-40+,55-42+,64-41?. The van der Waals surface area contributed by atoms with Gasteiger partial charge in [-0.25, -0.2) is 19.9 Å². The van der Waals surface area contributed by atoms with E-state index in [0.29, 0.717) is 11.6 Å². The summed E-state index contributed by atoms with van der Waals surface area (Å²) in [5.41, 5.74) is 19.7. The number of rotatable bonds is 14. The number of nitrogens with zero attached hydrogens (tertiary/aromatic N) is 4. The minimum Gasteiger partial charge on any atom is -0.309 e. The SMILES string of the molecule is C=CC1=C(/C=C\Cc2ccc(-c3cc(-c4ccccc4)nc(C4=CC=CC=C=C4)n3)cc2)CC/C(=C\C(=C/C=N)c2ccc(-c3cc(-c4ccccc4)nc(-c4ccccc4)n3)cc2)C1(C)CC. The number of hydrogen-bond donors (Lipinski definition) is 1. The van der Waals surface area contributed by atoms with Gasteiger partial charge in [-0.15, -0.1) is 5.73 Å². The van der Waals surface area contributed by atoms with E-state index in [9.17, 15) is 0 Å². The zero-order valence-corrected chi connectivity index (χ0v) is 38.6. The van der Waals surface area contributed by atoms with Crippen LogP contribution in [0.3, 0.4) is 0 Å². The molecule has 0 radical (unpaired) electrons. The lowest BCUT2D eigenvalue weighted by Gasteiger charge is -2.39. The Hall–Kier alpha value is -8.37. The van der Waals surface area contributed by atoms with Crippen molar-refractivity contribution in [3.8, 4) is 56.4 Å². The summed E-state index contributed by atoms with van der Waals surface area (Å²) in [4.78, 5) is 20.0. The Balaban J connectivity index is 0.940. The van der Waals surface area contributed by atoms with Crippen LogP contribution >= 0.6 is 0 Å². The van der Waals surface area contributed by atoms with E-state index >= 15 is 0 Å². The number of benzene rings is 5. The van der Waals surface area contributed by atoms with Crippen LogP contribution in [0.15, 0.2) is 241 Å². The largest absolute Gasteiger partial charge is 0.309 e. The first-order chi connectivity index (χ1) is 33.4. The van der Waals surface area contributed by atoms with Gasteiger partial charge in [-0.1, -0.05) is 208 Å². The van der Waals surface area contributed by atoms with Crippen molar-refractivity contribution in [2.24, 2.45) is 5.41 Å². The molecular weight excluding hydrogens is 827 g/mol. The highest BCUT2D eigenvalue weighted by Crippen LogP contribution is 2.49. The van der Waals surface area contributed by atoms with Gasteiger partial charge in [-0.05, 0) is 83.9 Å². The molecule has 5 aromatic carbocycles. The Morgan fingerprint density at radius 3 is 1.76 bits per heavy atom. The topological polar surface area (TPSA) is 75.4 Å². The summed E-state index contributed by atoms with van der Waals surface area (Å²) in [6.07, 6.45) is 25.6. The van der Waals surface area contributed by atoms with Crippen LogP contribution in [0, 0.1) is 10.8 Å². The molecule has 0 spiro atoms. The third-order valence-corrected chi connectivity index (χ3v) is 13.0. The van der Waals surface area contributed by atoms with Crippen LogP contribution in [0.25, 0.3) is 67.6 Å². The maximum Gasteiger partial charge on any atom is 0.161 e. The average molecular weight is 880 g/mol. The third-order valence-electron chi connectivity index (χ3n) is 13.0. The van der Waals surface area contributed by atoms with Crippen molar-refractivity contribution < 1.29 is 0 Å². The molecule has 2 heterocycles. The second-order valence-corrected chi connectivity index (χ2v) is 17.2. The van der Waals surface area contributed by atoms with E-state index in [0.717, 1.165) is 93.0 Å². The van der Waals surface area contributed by atoms with Crippen molar-refractivity contribution in [1.29, 1.82) is 5.41 Å². The van der Waals surface area contributed by atoms with Crippen molar-refractivity contribution in [2.75, 3.05) is 0 Å². The van der Waals surface area contributed by atoms with Crippen LogP contribution < -0.4 is 0 Å². The minimum atomic E-state index is -0.213. The zero-order chi connectivity index (χ0) is 46.7. The molecule has 7 aromatic rings. The van der Waals surface area contributed by atoms with Gasteiger partial charge >= 0.3 is 0 Å². The Kier molecular flexibility index (Phi) is 13.7. The van der Waals surface area contributed by atoms with E-state index in [2.05, 4.69) is 135 Å². The molecule has 5 nitrogen and oxygen atoms in total. The van der Waals surface area contributed by atoms with Crippen molar-refractivity contribution in [1.82, 2.24) is 19.9 Å². The van der Waals surface area contributed by atoms with Crippen molar-refractivity contribution in [3.05, 3.63) is 258 Å². The molecule has 1 N–H and O–H groups in total. The van der Waals surface area contributed by atoms with E-state index < -0.39 is 0 Å². The molecular formula is C63H53N5. The van der Waals surface area contributed by atoms with Gasteiger partial charge in [0.15, 0.2) is 11.6 Å². The van der Waals surface area contributed by atoms with Gasteiger partial charge in [0.25, 0.3) is 0 Å². The molecule has 0 saturated carbocycles. The second-order valence-electron chi connectivity index (χ2n) is 17.2. The highest BCUT2D eigenvalue weighted by atomic mass is 14.9. The van der Waals surface area contributed by atoms with Crippen LogP contribution in [0.5, 0.6) is 0 Å². The van der Waals surface area contributed by atoms with Crippen LogP contribution in [-0.4, -0.2) is 26.2 Å². The minimum absolute atomic E-state index is 0.213. The molecule has 0 fully saturated rings. The van der Waals surface area contributed by atoms with Crippen LogP contribution in [-0.2, 0) is 6.42 Å². The summed E-state index contributed by atoms with van der Waals surface area (Å²) >= 11 is 0. The summed E-state index contributed by atoms with van der Waals surface area (Å²) in [5.74, 6) is 1.36. The molecule has 1 atom stereocenters. The number of aromatic nitrogens is 4. The molecule has 5 heteroatoms. The van der Waals surface area contributed by atoms with E-state index in [1.807, 2.05) is 103 Å². The number of hydrogen-bond acceptors (Lipinski definition) is 5. The Morgan fingerprint density at radius 2 is 1.21 bits per heavy atom. The van der Waals surface area contributed by atoms with Crippen molar-refractivity contribution >= 4 is 17.4 Å². The predicted octanol–water partition coefficient (Wildman–Crippen LogP) is 15.7. The monoisotopic (exact) mass is 879 g/mol. The molecule has 2 aliphatic carbocycles. The zero-order valence-electron chi connectivity index (χ0n) is 38.6. The predicted molar refractivity (Wildman–Crippen MR) is 284 cm³/mol. The maximum atomic E-state index is 8.14. The van der Waals surface area contributed by atoms with E-state index in [4.69, 9.17) is 25.3 Å². The molecule has 0 saturated heterocycles. The summed E-state index contributed by atoms with van der Waals surface area (Å²) in [6.45, 7) is 8.94. The van der Waals surface area contributed by atoms with Gasteiger partial charge in [-0.3, -0.25) is 0 Å². The fourth-order valence-electron chi connectivity index (χ4n) is 9.02. The third kappa shape index (κ3) is 10.0. The molecule has 0 bridgehead atoms. The highest BCUT2D eigenvalue weighted by Gasteiger charge is 2.35. The molecule has 68 heavy (non-hydrogen) atoms. The molecule has 1 unspecified atom stereocenters. The highest BCUT2D eigenvalue weighted by molar-refractivity contribution is 5.88. The van der Waals surface area contributed by atoms with Crippen molar-refractivity contribution in [2.45, 2.75) is 39.5 Å². The van der Waals surface area contributed by atoms with Gasteiger partial charge in [0, 0.05) is 45.0 Å². The smallest absolute Gasteiger partial charge is 0.161 e. The lowest BCUT2D eigenvalue weighted by Crippen LogP contribution is -2.25. The first-order valence-corrected chi connectivity index (χ1v) is 23.3. The Labute approximate surface area is 400 Å². The average Bonchev–Trinajstić information content (AvgIpc) is 3.70. The maximum absolute atomic E-state index is 8.14. The number of allylic oxidation sites excluding steroid dienone is 14. The lowest BCUT2D eigenvalue weighted by molar-refractivity contribution is 0.434. The Bertz CT molecular complexity index is 3160. The van der Waals surface area contributed by atoms with E-state index in [1.165, 1.54) is 28.5 Å². The van der Waals surface area contributed by atoms with E-state index in [1.54, 1.807) is 0 Å². The first kappa shape index (κ1) is 44.8. The van der Waals surface area contributed by atoms with Gasteiger partial charge < -0.3 is 5.41 Å². The fourth-order valence-corrected chi connectivity index (χ4v) is 9.02. The van der Waals surface area contributed by atoms with Gasteiger partial charge in [0.1, 0.15) is 0 Å². The second kappa shape index (κ2) is 20.9. The Morgan fingerprint density at radius 1 is 0.662 bits per heavy atom. The normalized spacial score (nSPS) is 16.5. The van der Waals surface area contributed by atoms with Crippen LogP contribution in [0.2, 0.25) is 0 Å². The first-order valence-electron chi connectivity index (χ1n) is 23.3. The van der Waals surface area contributed by atoms with Gasteiger partial charge in [0.05, 0.1) is 22.8 Å². The summed E-state index contributed by atoms with van der Waals surface area (Å²) < 4.78 is 0. The lowest BCUT2D eigenvalue weighted by atomic mass is 9.65. The molecule has 2 aliphatic rings. The molecule has 330 valence electrons. The fraction of sp³-hybridized carbons (Fsp3) is 0.111. The molecule has 0 aliphatic heterocycles. The summed E-state index contributed by atoms with van der Waals surface area (Å²) in [7, 11) is 0. The summed E-state index contributed by atoms with van der Waals surface area (Å²) in [6, 6.07) is 52.0. The molecule has 0 amide bonds. The van der Waals surface area contributed by atoms with Gasteiger partial charge in [-0.2, -0.15) is 0 Å².